The average Bonchev–Trinajstić information content (AvgIpc) is 2.76. The molecule has 1 atom stereocenters. The summed E-state index contributed by atoms with van der Waals surface area (Å²) < 4.78 is 7.31. The van der Waals surface area contributed by atoms with Crippen molar-refractivity contribution in [2.75, 3.05) is 12.3 Å². The molecule has 0 amide bonds. The van der Waals surface area contributed by atoms with Crippen LogP contribution in [0.5, 0.6) is 0 Å². The van der Waals surface area contributed by atoms with Gasteiger partial charge in [0.25, 0.3) is 5.56 Å². The van der Waals surface area contributed by atoms with E-state index in [9.17, 15) is 19.2 Å². The molecule has 3 rings (SSSR count). The second kappa shape index (κ2) is 9.39. The van der Waals surface area contributed by atoms with E-state index in [2.05, 4.69) is 0 Å². The van der Waals surface area contributed by atoms with Crippen LogP contribution in [0.1, 0.15) is 42.1 Å². The van der Waals surface area contributed by atoms with E-state index < -0.39 is 29.6 Å². The highest BCUT2D eigenvalue weighted by Crippen LogP contribution is 2.19. The number of aromatic nitrogens is 2. The highest BCUT2D eigenvalue weighted by Gasteiger charge is 2.25. The van der Waals surface area contributed by atoms with Crippen LogP contribution >= 0.6 is 0 Å². The van der Waals surface area contributed by atoms with Crippen LogP contribution in [-0.4, -0.2) is 27.5 Å². The Balaban J connectivity index is 1.89. The van der Waals surface area contributed by atoms with Crippen molar-refractivity contribution in [2.24, 2.45) is 5.92 Å². The molecule has 0 fully saturated rings. The van der Waals surface area contributed by atoms with Gasteiger partial charge in [-0.05, 0) is 31.7 Å². The van der Waals surface area contributed by atoms with Crippen molar-refractivity contribution >= 4 is 17.6 Å². The lowest BCUT2D eigenvalue weighted by Gasteiger charge is -2.17. The maximum Gasteiger partial charge on any atom is 0.332 e. The number of hydrogen-bond acceptors (Lipinski definition) is 6. The van der Waals surface area contributed by atoms with E-state index in [0.29, 0.717) is 12.8 Å². The number of ketones is 1. The topological polar surface area (TPSA) is 113 Å². The van der Waals surface area contributed by atoms with Gasteiger partial charge >= 0.3 is 11.7 Å². The maximum absolute atomic E-state index is 12.8. The summed E-state index contributed by atoms with van der Waals surface area (Å²) in [6.07, 6.45) is 5.93. The van der Waals surface area contributed by atoms with Crippen molar-refractivity contribution in [2.45, 2.75) is 39.3 Å². The van der Waals surface area contributed by atoms with Gasteiger partial charge in [-0.2, -0.15) is 0 Å². The Hall–Kier alpha value is -3.42. The number of nitrogens with zero attached hydrogens (tertiary/aromatic N) is 2. The molecule has 8 nitrogen and oxygen atoms in total. The summed E-state index contributed by atoms with van der Waals surface area (Å²) in [7, 11) is 0. The third-order valence-corrected chi connectivity index (χ3v) is 5.19. The lowest BCUT2D eigenvalue weighted by Crippen LogP contribution is -2.44. The number of ether oxygens (including phenoxy) is 1. The molecule has 2 N–H and O–H groups in total. The van der Waals surface area contributed by atoms with Crippen LogP contribution < -0.4 is 17.0 Å². The molecule has 158 valence electrons. The van der Waals surface area contributed by atoms with Crippen LogP contribution in [0.4, 0.5) is 5.82 Å². The van der Waals surface area contributed by atoms with Crippen LogP contribution in [0, 0.1) is 5.92 Å². The summed E-state index contributed by atoms with van der Waals surface area (Å²) in [6, 6.07) is 9.11. The minimum atomic E-state index is -0.772. The lowest BCUT2D eigenvalue weighted by molar-refractivity contribution is -0.147. The van der Waals surface area contributed by atoms with Crippen molar-refractivity contribution in [3.05, 3.63) is 74.4 Å². The minimum absolute atomic E-state index is 0.0845. The Morgan fingerprint density at radius 2 is 1.87 bits per heavy atom. The van der Waals surface area contributed by atoms with E-state index in [-0.39, 0.29) is 30.4 Å². The van der Waals surface area contributed by atoms with Gasteiger partial charge in [-0.3, -0.25) is 23.5 Å². The van der Waals surface area contributed by atoms with E-state index in [4.69, 9.17) is 10.5 Å². The third kappa shape index (κ3) is 4.42. The molecule has 0 saturated heterocycles. The monoisotopic (exact) mass is 411 g/mol. The Morgan fingerprint density at radius 3 is 2.50 bits per heavy atom. The number of Topliss-reactive ketones (excluding diaryl/α,β-unsaturated/α-hetero) is 1. The molecule has 1 aromatic heterocycles. The summed E-state index contributed by atoms with van der Waals surface area (Å²) in [5, 5.41) is 0. The molecule has 1 aliphatic carbocycles. The van der Waals surface area contributed by atoms with E-state index in [0.717, 1.165) is 16.6 Å². The molecule has 0 spiro atoms. The molecule has 1 aromatic carbocycles. The van der Waals surface area contributed by atoms with Gasteiger partial charge in [-0.15, -0.1) is 0 Å². The van der Waals surface area contributed by atoms with E-state index in [1.54, 1.807) is 6.92 Å². The number of benzene rings is 1. The summed E-state index contributed by atoms with van der Waals surface area (Å²) in [6.45, 7) is 1.24. The SMILES string of the molecule is CCn1c(=O)c(C(=O)COC(=O)[C@@H]2CC=CCC2)c(N)n(Cc2ccccc2)c1=O. The second-order valence-corrected chi connectivity index (χ2v) is 7.18. The van der Waals surface area contributed by atoms with Crippen molar-refractivity contribution in [1.29, 1.82) is 0 Å². The number of nitrogen functional groups attached to an aromatic ring is 1. The van der Waals surface area contributed by atoms with Gasteiger partial charge < -0.3 is 10.5 Å². The number of anilines is 1. The number of carbonyl (C=O) groups excluding carboxylic acids is 2. The van der Waals surface area contributed by atoms with Crippen molar-refractivity contribution < 1.29 is 14.3 Å². The predicted octanol–water partition coefficient (Wildman–Crippen LogP) is 1.74. The number of hydrogen-bond donors (Lipinski definition) is 1. The first-order chi connectivity index (χ1) is 14.4. The molecule has 0 bridgehead atoms. The van der Waals surface area contributed by atoms with Crippen LogP contribution in [0.25, 0.3) is 0 Å². The smallest absolute Gasteiger partial charge is 0.332 e. The highest BCUT2D eigenvalue weighted by molar-refractivity contribution is 6.01. The van der Waals surface area contributed by atoms with Crippen LogP contribution in [0.3, 0.4) is 0 Å². The first kappa shape index (κ1) is 21.3. The largest absolute Gasteiger partial charge is 0.457 e. The summed E-state index contributed by atoms with van der Waals surface area (Å²) in [4.78, 5) is 50.4. The average molecular weight is 411 g/mol. The van der Waals surface area contributed by atoms with Gasteiger partial charge in [0.05, 0.1) is 12.5 Å². The summed E-state index contributed by atoms with van der Waals surface area (Å²) in [5.41, 5.74) is 5.19. The van der Waals surface area contributed by atoms with Crippen LogP contribution in [-0.2, 0) is 22.6 Å². The molecule has 2 aromatic rings. The first-order valence-electron chi connectivity index (χ1n) is 9.95. The molecule has 0 unspecified atom stereocenters. The molecule has 30 heavy (non-hydrogen) atoms. The van der Waals surface area contributed by atoms with Gasteiger partial charge in [-0.1, -0.05) is 42.5 Å². The maximum atomic E-state index is 12.8. The zero-order valence-electron chi connectivity index (χ0n) is 16.9. The lowest BCUT2D eigenvalue weighted by atomic mass is 9.95. The van der Waals surface area contributed by atoms with E-state index in [1.807, 2.05) is 42.5 Å². The number of nitrogens with two attached hydrogens (primary N) is 1. The number of rotatable bonds is 7. The Bertz CT molecular complexity index is 1080. The molecule has 8 heteroatoms. The van der Waals surface area contributed by atoms with Gasteiger partial charge in [0.15, 0.2) is 6.61 Å². The quantitative estimate of drug-likeness (QED) is 0.422. The summed E-state index contributed by atoms with van der Waals surface area (Å²) in [5.74, 6) is -1.71. The molecular weight excluding hydrogens is 386 g/mol. The van der Waals surface area contributed by atoms with Crippen molar-refractivity contribution in [1.82, 2.24) is 9.13 Å². The number of esters is 1. The number of allylic oxidation sites excluding steroid dienone is 2. The van der Waals surface area contributed by atoms with Gasteiger partial charge in [0, 0.05) is 6.54 Å². The zero-order chi connectivity index (χ0) is 21.7. The first-order valence-corrected chi connectivity index (χ1v) is 9.95. The molecule has 1 aliphatic rings. The fourth-order valence-electron chi connectivity index (χ4n) is 3.51. The zero-order valence-corrected chi connectivity index (χ0v) is 16.9. The summed E-state index contributed by atoms with van der Waals surface area (Å²) >= 11 is 0. The Labute approximate surface area is 173 Å². The van der Waals surface area contributed by atoms with Crippen LogP contribution in [0.2, 0.25) is 0 Å². The van der Waals surface area contributed by atoms with Gasteiger partial charge in [0.1, 0.15) is 11.4 Å². The fraction of sp³-hybridized carbons (Fsp3) is 0.364. The number of carbonyl (C=O) groups is 2. The minimum Gasteiger partial charge on any atom is -0.457 e. The van der Waals surface area contributed by atoms with E-state index in [1.165, 1.54) is 4.57 Å². The highest BCUT2D eigenvalue weighted by atomic mass is 16.5. The normalized spacial score (nSPS) is 15.7. The van der Waals surface area contributed by atoms with E-state index >= 15 is 0 Å². The standard InChI is InChI=1S/C22H25N3O5/c1-2-24-20(27)18(17(26)14-30-21(28)16-11-7-4-8-12-16)19(23)25(22(24)29)13-15-9-5-3-6-10-15/h3-7,9-10,16H,2,8,11-14,23H2,1H3/t16-/m1/s1. The Kier molecular flexibility index (Phi) is 6.66. The molecule has 0 saturated carbocycles. The van der Waals surface area contributed by atoms with Crippen LogP contribution in [0.15, 0.2) is 52.1 Å². The third-order valence-electron chi connectivity index (χ3n) is 5.19. The van der Waals surface area contributed by atoms with Gasteiger partial charge in [0.2, 0.25) is 5.78 Å². The second-order valence-electron chi connectivity index (χ2n) is 7.18. The fourth-order valence-corrected chi connectivity index (χ4v) is 3.51. The predicted molar refractivity (Wildman–Crippen MR) is 112 cm³/mol. The van der Waals surface area contributed by atoms with Crippen molar-refractivity contribution in [3.63, 3.8) is 0 Å². The molecule has 1 heterocycles. The van der Waals surface area contributed by atoms with Gasteiger partial charge in [-0.25, -0.2) is 4.79 Å². The molecule has 0 radical (unpaired) electrons. The molecular formula is C22H25N3O5. The molecule has 0 aliphatic heterocycles. The van der Waals surface area contributed by atoms with Crippen molar-refractivity contribution in [3.8, 4) is 0 Å². The Morgan fingerprint density at radius 1 is 1.13 bits per heavy atom.